The highest BCUT2D eigenvalue weighted by Gasteiger charge is 2.30. The Kier molecular flexibility index (Phi) is 6.62. The molecule has 0 aliphatic carbocycles. The number of halogens is 3. The zero-order valence-corrected chi connectivity index (χ0v) is 19.1. The summed E-state index contributed by atoms with van der Waals surface area (Å²) in [6.45, 7) is 3.44. The van der Waals surface area contributed by atoms with E-state index in [-0.39, 0.29) is 5.69 Å². The van der Waals surface area contributed by atoms with Crippen LogP contribution in [0.15, 0.2) is 66.9 Å². The second kappa shape index (κ2) is 10.00. The van der Waals surface area contributed by atoms with E-state index in [1.54, 1.807) is 48.7 Å². The van der Waals surface area contributed by atoms with Gasteiger partial charge in [0.25, 0.3) is 5.91 Å². The number of fused-ring (bicyclic) bond motifs is 1. The molecule has 1 N–H and O–H groups in total. The minimum absolute atomic E-state index is 0.121. The van der Waals surface area contributed by atoms with E-state index in [0.717, 1.165) is 25.2 Å². The molecule has 2 aromatic heterocycles. The zero-order chi connectivity index (χ0) is 25.1. The van der Waals surface area contributed by atoms with Gasteiger partial charge in [0.15, 0.2) is 0 Å². The number of anilines is 1. The maximum atomic E-state index is 13.2. The molecule has 1 fully saturated rings. The van der Waals surface area contributed by atoms with Crippen molar-refractivity contribution in [3.8, 4) is 11.1 Å². The molecule has 1 saturated heterocycles. The molecule has 0 radical (unpaired) electrons. The first-order valence-corrected chi connectivity index (χ1v) is 11.4. The summed E-state index contributed by atoms with van der Waals surface area (Å²) in [5, 5.41) is 3.45. The van der Waals surface area contributed by atoms with E-state index in [9.17, 15) is 18.0 Å². The third-order valence-electron chi connectivity index (χ3n) is 5.87. The molecule has 3 heterocycles. The van der Waals surface area contributed by atoms with E-state index in [1.165, 1.54) is 6.07 Å². The summed E-state index contributed by atoms with van der Waals surface area (Å²) in [6, 6.07) is 15.2. The van der Waals surface area contributed by atoms with Gasteiger partial charge in [-0.1, -0.05) is 36.4 Å². The minimum atomic E-state index is -4.46. The molecule has 2 aromatic carbocycles. The lowest BCUT2D eigenvalue weighted by Crippen LogP contribution is -2.36. The maximum Gasteiger partial charge on any atom is 0.416 e. The van der Waals surface area contributed by atoms with Crippen LogP contribution in [0.25, 0.3) is 22.0 Å². The zero-order valence-electron chi connectivity index (χ0n) is 19.1. The van der Waals surface area contributed by atoms with E-state index in [1.807, 2.05) is 0 Å². The van der Waals surface area contributed by atoms with Gasteiger partial charge in [-0.3, -0.25) is 9.69 Å². The number of benzene rings is 2. The van der Waals surface area contributed by atoms with E-state index >= 15 is 0 Å². The summed E-state index contributed by atoms with van der Waals surface area (Å²) in [7, 11) is 0. The van der Waals surface area contributed by atoms with Crippen LogP contribution in [-0.2, 0) is 17.5 Å². The summed E-state index contributed by atoms with van der Waals surface area (Å²) in [6.07, 6.45) is -2.88. The highest BCUT2D eigenvalue weighted by atomic mass is 19.4. The Morgan fingerprint density at radius 3 is 2.61 bits per heavy atom. The molecule has 10 heteroatoms. The Labute approximate surface area is 205 Å². The molecule has 5 rings (SSSR count). The van der Waals surface area contributed by atoms with Crippen LogP contribution in [0.1, 0.15) is 21.9 Å². The van der Waals surface area contributed by atoms with Crippen molar-refractivity contribution in [2.75, 3.05) is 31.6 Å². The molecule has 0 atom stereocenters. The lowest BCUT2D eigenvalue weighted by Gasteiger charge is -2.25. The van der Waals surface area contributed by atoms with Crippen LogP contribution in [0.5, 0.6) is 0 Å². The first kappa shape index (κ1) is 23.8. The smallest absolute Gasteiger partial charge is 0.379 e. The topological polar surface area (TPSA) is 80.2 Å². The standard InChI is InChI=1S/C26H22F3N5O2/c27-26(28,29)19-5-1-4-18(15-19)20-6-2-3-17-7-8-21(31-24(17)20)25(35)33-22-9-10-30-23(32-22)16-34-11-13-36-14-12-34/h1-10,15H,11-14,16H2,(H,30,32,33,35). The van der Waals surface area contributed by atoms with Crippen molar-refractivity contribution in [3.05, 3.63) is 83.9 Å². The molecule has 0 spiro atoms. The number of amides is 1. The van der Waals surface area contributed by atoms with Crippen LogP contribution in [0.2, 0.25) is 0 Å². The number of rotatable bonds is 5. The number of carbonyl (C=O) groups excluding carboxylic acids is 1. The summed E-state index contributed by atoms with van der Waals surface area (Å²) in [5.74, 6) is 0.436. The number of carbonyl (C=O) groups is 1. The first-order chi connectivity index (χ1) is 17.4. The number of para-hydroxylation sites is 1. The molecule has 184 valence electrons. The summed E-state index contributed by atoms with van der Waals surface area (Å²) in [5.41, 5.74) is 0.671. The third-order valence-corrected chi connectivity index (χ3v) is 5.87. The molecule has 36 heavy (non-hydrogen) atoms. The highest BCUT2D eigenvalue weighted by Crippen LogP contribution is 2.34. The second-order valence-electron chi connectivity index (χ2n) is 8.35. The number of hydrogen-bond acceptors (Lipinski definition) is 6. The van der Waals surface area contributed by atoms with Crippen LogP contribution >= 0.6 is 0 Å². The molecule has 7 nitrogen and oxygen atoms in total. The largest absolute Gasteiger partial charge is 0.416 e. The fourth-order valence-corrected chi connectivity index (χ4v) is 4.05. The quantitative estimate of drug-likeness (QED) is 0.431. The van der Waals surface area contributed by atoms with Gasteiger partial charge in [-0.2, -0.15) is 13.2 Å². The van der Waals surface area contributed by atoms with E-state index in [4.69, 9.17) is 4.74 Å². The summed E-state index contributed by atoms with van der Waals surface area (Å²) >= 11 is 0. The fourth-order valence-electron chi connectivity index (χ4n) is 4.05. The number of morpholine rings is 1. The Morgan fingerprint density at radius 1 is 1.00 bits per heavy atom. The SMILES string of the molecule is O=C(Nc1ccnc(CN2CCOCC2)n1)c1ccc2cccc(-c3cccc(C(F)(F)F)c3)c2n1. The predicted molar refractivity (Wildman–Crippen MR) is 128 cm³/mol. The molecular formula is C26H22F3N5O2. The lowest BCUT2D eigenvalue weighted by molar-refractivity contribution is -0.137. The average Bonchev–Trinajstić information content (AvgIpc) is 2.88. The Morgan fingerprint density at radius 2 is 1.81 bits per heavy atom. The van der Waals surface area contributed by atoms with Crippen molar-refractivity contribution in [3.63, 3.8) is 0 Å². The number of hydrogen-bond donors (Lipinski definition) is 1. The second-order valence-corrected chi connectivity index (χ2v) is 8.35. The first-order valence-electron chi connectivity index (χ1n) is 11.4. The number of nitrogens with zero attached hydrogens (tertiary/aromatic N) is 4. The number of pyridine rings is 1. The third kappa shape index (κ3) is 5.34. The normalized spacial score (nSPS) is 14.6. The summed E-state index contributed by atoms with van der Waals surface area (Å²) in [4.78, 5) is 28.4. The molecule has 1 amide bonds. The molecule has 0 bridgehead atoms. The van der Waals surface area contributed by atoms with Crippen molar-refractivity contribution in [2.24, 2.45) is 0 Å². The van der Waals surface area contributed by atoms with E-state index in [0.29, 0.717) is 53.4 Å². The van der Waals surface area contributed by atoms with Gasteiger partial charge in [-0.25, -0.2) is 15.0 Å². The maximum absolute atomic E-state index is 13.2. The monoisotopic (exact) mass is 493 g/mol. The van der Waals surface area contributed by atoms with E-state index in [2.05, 4.69) is 25.2 Å². The summed E-state index contributed by atoms with van der Waals surface area (Å²) < 4.78 is 45.1. The van der Waals surface area contributed by atoms with Gasteiger partial charge in [0, 0.05) is 30.2 Å². The van der Waals surface area contributed by atoms with E-state index < -0.39 is 17.6 Å². The van der Waals surface area contributed by atoms with Crippen LogP contribution < -0.4 is 5.32 Å². The molecule has 4 aromatic rings. The molecular weight excluding hydrogens is 471 g/mol. The number of aromatic nitrogens is 3. The Hall–Kier alpha value is -3.89. The van der Waals surface area contributed by atoms with Gasteiger partial charge < -0.3 is 10.1 Å². The van der Waals surface area contributed by atoms with Gasteiger partial charge in [0.1, 0.15) is 17.3 Å². The number of ether oxygens (including phenoxy) is 1. The Bertz CT molecular complexity index is 1400. The number of nitrogens with one attached hydrogen (secondary N) is 1. The molecule has 1 aliphatic rings. The molecule has 0 saturated carbocycles. The molecule has 0 unspecified atom stereocenters. The number of alkyl halides is 3. The van der Waals surface area contributed by atoms with Crippen molar-refractivity contribution >= 4 is 22.6 Å². The van der Waals surface area contributed by atoms with Crippen molar-refractivity contribution in [2.45, 2.75) is 12.7 Å². The van der Waals surface area contributed by atoms with Crippen LogP contribution in [0.3, 0.4) is 0 Å². The van der Waals surface area contributed by atoms with Gasteiger partial charge in [0.05, 0.1) is 30.8 Å². The van der Waals surface area contributed by atoms with Gasteiger partial charge in [0.2, 0.25) is 0 Å². The van der Waals surface area contributed by atoms with Crippen LogP contribution in [-0.4, -0.2) is 52.1 Å². The van der Waals surface area contributed by atoms with Crippen molar-refractivity contribution in [1.29, 1.82) is 0 Å². The predicted octanol–water partition coefficient (Wildman–Crippen LogP) is 4.80. The Balaban J connectivity index is 1.40. The van der Waals surface area contributed by atoms with Crippen molar-refractivity contribution in [1.82, 2.24) is 19.9 Å². The van der Waals surface area contributed by atoms with Gasteiger partial charge in [-0.05, 0) is 29.8 Å². The van der Waals surface area contributed by atoms with Crippen LogP contribution in [0.4, 0.5) is 19.0 Å². The molecule has 1 aliphatic heterocycles. The van der Waals surface area contributed by atoms with Crippen molar-refractivity contribution < 1.29 is 22.7 Å². The minimum Gasteiger partial charge on any atom is -0.379 e. The highest BCUT2D eigenvalue weighted by molar-refractivity contribution is 6.04. The lowest BCUT2D eigenvalue weighted by atomic mass is 9.99. The fraction of sp³-hybridized carbons (Fsp3) is 0.231. The van der Waals surface area contributed by atoms with Gasteiger partial charge >= 0.3 is 6.18 Å². The average molecular weight is 493 g/mol. The van der Waals surface area contributed by atoms with Gasteiger partial charge in [-0.15, -0.1) is 0 Å². The van der Waals surface area contributed by atoms with Crippen LogP contribution in [0, 0.1) is 0 Å².